The molecule has 0 aliphatic heterocycles. The zero-order valence-electron chi connectivity index (χ0n) is 11.9. The Balaban J connectivity index is 2.55. The van der Waals surface area contributed by atoms with Crippen molar-refractivity contribution in [3.63, 3.8) is 0 Å². The molecule has 1 unspecified atom stereocenters. The summed E-state index contributed by atoms with van der Waals surface area (Å²) in [6, 6.07) is 6.99. The van der Waals surface area contributed by atoms with Gasteiger partial charge >= 0.3 is 0 Å². The second-order valence-electron chi connectivity index (χ2n) is 4.63. The van der Waals surface area contributed by atoms with Crippen molar-refractivity contribution in [3.8, 4) is 0 Å². The van der Waals surface area contributed by atoms with Crippen LogP contribution in [0.1, 0.15) is 25.3 Å². The van der Waals surface area contributed by atoms with Crippen LogP contribution in [0.4, 0.5) is 0 Å². The zero-order chi connectivity index (χ0) is 15.0. The maximum absolute atomic E-state index is 12.1. The van der Waals surface area contributed by atoms with Crippen molar-refractivity contribution in [3.05, 3.63) is 29.8 Å². The Bertz CT molecular complexity index is 488. The van der Waals surface area contributed by atoms with Gasteiger partial charge in [-0.25, -0.2) is 13.1 Å². The van der Waals surface area contributed by atoms with Gasteiger partial charge in [-0.3, -0.25) is 0 Å². The molecule has 0 amide bonds. The van der Waals surface area contributed by atoms with E-state index in [0.717, 1.165) is 18.4 Å². The summed E-state index contributed by atoms with van der Waals surface area (Å²) >= 11 is 5.95. The van der Waals surface area contributed by atoms with E-state index in [4.69, 9.17) is 16.3 Å². The van der Waals surface area contributed by atoms with E-state index in [1.807, 2.05) is 12.1 Å². The topological polar surface area (TPSA) is 55.4 Å². The van der Waals surface area contributed by atoms with Gasteiger partial charge in [0.05, 0.1) is 16.9 Å². The highest BCUT2D eigenvalue weighted by atomic mass is 35.5. The number of methoxy groups -OCH3 is 1. The minimum atomic E-state index is -3.45. The predicted octanol–water partition coefficient (Wildman–Crippen LogP) is 2.56. The van der Waals surface area contributed by atoms with Gasteiger partial charge in [0.15, 0.2) is 0 Å². The van der Waals surface area contributed by atoms with E-state index in [9.17, 15) is 8.42 Å². The lowest BCUT2D eigenvalue weighted by atomic mass is 10.1. The second-order valence-corrected chi connectivity index (χ2v) is 7.02. The van der Waals surface area contributed by atoms with E-state index >= 15 is 0 Å². The van der Waals surface area contributed by atoms with Gasteiger partial charge in [0.1, 0.15) is 0 Å². The quantitative estimate of drug-likeness (QED) is 0.712. The van der Waals surface area contributed by atoms with E-state index in [-0.39, 0.29) is 10.3 Å². The number of alkyl halides is 1. The smallest absolute Gasteiger partial charge is 0.240 e. The van der Waals surface area contributed by atoms with Gasteiger partial charge < -0.3 is 4.74 Å². The Hall–Kier alpha value is -0.620. The van der Waals surface area contributed by atoms with Crippen LogP contribution in [-0.4, -0.2) is 34.1 Å². The molecule has 0 radical (unpaired) electrons. The lowest BCUT2D eigenvalue weighted by Gasteiger charge is -2.10. The summed E-state index contributed by atoms with van der Waals surface area (Å²) in [5.74, 6) is 0. The fourth-order valence-electron chi connectivity index (χ4n) is 1.82. The first-order valence-corrected chi connectivity index (χ1v) is 8.63. The molecule has 0 saturated heterocycles. The van der Waals surface area contributed by atoms with E-state index in [0.29, 0.717) is 19.6 Å². The van der Waals surface area contributed by atoms with Crippen molar-refractivity contribution >= 4 is 21.6 Å². The van der Waals surface area contributed by atoms with Gasteiger partial charge in [-0.05, 0) is 30.5 Å². The van der Waals surface area contributed by atoms with Gasteiger partial charge in [0.2, 0.25) is 10.0 Å². The number of nitrogens with one attached hydrogen (secondary N) is 1. The van der Waals surface area contributed by atoms with Gasteiger partial charge in [-0.2, -0.15) is 0 Å². The molecular formula is C14H22ClNO3S. The van der Waals surface area contributed by atoms with Crippen molar-refractivity contribution in [2.45, 2.75) is 36.5 Å². The monoisotopic (exact) mass is 319 g/mol. The van der Waals surface area contributed by atoms with Gasteiger partial charge in [-0.15, -0.1) is 11.6 Å². The molecule has 1 N–H and O–H groups in total. The first-order chi connectivity index (χ1) is 9.49. The fraction of sp³-hybridized carbons (Fsp3) is 0.571. The molecule has 1 rings (SSSR count). The summed E-state index contributed by atoms with van der Waals surface area (Å²) in [7, 11) is -1.89. The van der Waals surface area contributed by atoms with Gasteiger partial charge in [-0.1, -0.05) is 25.5 Å². The Morgan fingerprint density at radius 1 is 1.30 bits per heavy atom. The van der Waals surface area contributed by atoms with Crippen LogP contribution in [0.2, 0.25) is 0 Å². The van der Waals surface area contributed by atoms with E-state index in [1.165, 1.54) is 0 Å². The molecule has 0 fully saturated rings. The number of hydrogen-bond acceptors (Lipinski definition) is 3. The third kappa shape index (κ3) is 5.79. The number of benzene rings is 1. The van der Waals surface area contributed by atoms with E-state index in [2.05, 4.69) is 11.6 Å². The summed E-state index contributed by atoms with van der Waals surface area (Å²) in [5.41, 5.74) is 1.15. The Kier molecular flexibility index (Phi) is 7.51. The summed E-state index contributed by atoms with van der Waals surface area (Å²) in [6.45, 7) is 2.81. The molecule has 6 heteroatoms. The maximum Gasteiger partial charge on any atom is 0.240 e. The maximum atomic E-state index is 12.1. The third-order valence-electron chi connectivity index (χ3n) is 2.87. The Morgan fingerprint density at radius 2 is 1.95 bits per heavy atom. The second kappa shape index (κ2) is 8.62. The Labute approximate surface area is 126 Å². The van der Waals surface area contributed by atoms with Crippen molar-refractivity contribution in [2.75, 3.05) is 20.3 Å². The molecule has 0 aliphatic rings. The molecule has 1 aromatic carbocycles. The van der Waals surface area contributed by atoms with Crippen LogP contribution in [0, 0.1) is 0 Å². The van der Waals surface area contributed by atoms with Crippen LogP contribution in [-0.2, 0) is 21.2 Å². The lowest BCUT2D eigenvalue weighted by molar-refractivity contribution is 0.196. The molecule has 0 bridgehead atoms. The van der Waals surface area contributed by atoms with Crippen molar-refractivity contribution in [2.24, 2.45) is 0 Å². The fourth-order valence-corrected chi connectivity index (χ4v) is 3.10. The van der Waals surface area contributed by atoms with Crippen LogP contribution in [0.25, 0.3) is 0 Å². The van der Waals surface area contributed by atoms with Crippen LogP contribution in [0.3, 0.4) is 0 Å². The lowest BCUT2D eigenvalue weighted by Crippen LogP contribution is -2.27. The average molecular weight is 320 g/mol. The van der Waals surface area contributed by atoms with Gasteiger partial charge in [0.25, 0.3) is 0 Å². The average Bonchev–Trinajstić information content (AvgIpc) is 2.40. The SMILES string of the molecule is CCCc1ccc(S(=O)(=O)NCCC(Cl)COC)cc1. The summed E-state index contributed by atoms with van der Waals surface area (Å²) in [4.78, 5) is 0.287. The van der Waals surface area contributed by atoms with Crippen molar-refractivity contribution in [1.82, 2.24) is 4.72 Å². The summed E-state index contributed by atoms with van der Waals surface area (Å²) in [6.07, 6.45) is 2.53. The van der Waals surface area contributed by atoms with Crippen LogP contribution >= 0.6 is 11.6 Å². The molecule has 20 heavy (non-hydrogen) atoms. The first kappa shape index (κ1) is 17.4. The largest absolute Gasteiger partial charge is 0.383 e. The highest BCUT2D eigenvalue weighted by molar-refractivity contribution is 7.89. The molecule has 1 atom stereocenters. The normalized spacial score (nSPS) is 13.3. The molecule has 0 aliphatic carbocycles. The Morgan fingerprint density at radius 3 is 2.50 bits per heavy atom. The molecule has 0 spiro atoms. The molecular weight excluding hydrogens is 298 g/mol. The molecule has 0 saturated carbocycles. The minimum absolute atomic E-state index is 0.186. The van der Waals surface area contributed by atoms with E-state index in [1.54, 1.807) is 19.2 Å². The van der Waals surface area contributed by atoms with Crippen molar-refractivity contribution < 1.29 is 13.2 Å². The molecule has 4 nitrogen and oxygen atoms in total. The van der Waals surface area contributed by atoms with Crippen LogP contribution in [0.5, 0.6) is 0 Å². The number of halogens is 1. The molecule has 1 aromatic rings. The summed E-state index contributed by atoms with van der Waals surface area (Å²) in [5, 5.41) is -0.186. The third-order valence-corrected chi connectivity index (χ3v) is 4.69. The van der Waals surface area contributed by atoms with Crippen molar-refractivity contribution in [1.29, 1.82) is 0 Å². The predicted molar refractivity (Wildman–Crippen MR) is 81.8 cm³/mol. The zero-order valence-corrected chi connectivity index (χ0v) is 13.5. The highest BCUT2D eigenvalue weighted by Gasteiger charge is 2.14. The number of ether oxygens (including phenoxy) is 1. The van der Waals surface area contributed by atoms with Crippen LogP contribution in [0.15, 0.2) is 29.2 Å². The molecule has 0 aromatic heterocycles. The standard InChI is InChI=1S/C14H22ClNO3S/c1-3-4-12-5-7-14(8-6-12)20(17,18)16-10-9-13(15)11-19-2/h5-8,13,16H,3-4,9-11H2,1-2H3. The van der Waals surface area contributed by atoms with Crippen LogP contribution < -0.4 is 4.72 Å². The summed E-state index contributed by atoms with van der Waals surface area (Å²) < 4.78 is 31.6. The number of aryl methyl sites for hydroxylation is 1. The molecule has 114 valence electrons. The number of sulfonamides is 1. The van der Waals surface area contributed by atoms with E-state index < -0.39 is 10.0 Å². The minimum Gasteiger partial charge on any atom is -0.383 e. The van der Waals surface area contributed by atoms with Gasteiger partial charge in [0, 0.05) is 13.7 Å². The highest BCUT2D eigenvalue weighted by Crippen LogP contribution is 2.12. The molecule has 0 heterocycles. The first-order valence-electron chi connectivity index (χ1n) is 6.71. The number of hydrogen-bond donors (Lipinski definition) is 1. The number of rotatable bonds is 9.